The molecular weight excluding hydrogens is 222 g/mol. The van der Waals surface area contributed by atoms with E-state index < -0.39 is 0 Å². The summed E-state index contributed by atoms with van der Waals surface area (Å²) in [7, 11) is 0. The number of halogens is 1. The maximum atomic E-state index is 11.0. The van der Waals surface area contributed by atoms with Crippen LogP contribution in [0.15, 0.2) is 15.5 Å². The smallest absolute Gasteiger partial charge is 0.266 e. The summed E-state index contributed by atoms with van der Waals surface area (Å²) in [4.78, 5) is 17.6. The zero-order chi connectivity index (χ0) is 9.14. The monoisotopic (exact) mass is 231 g/mol. The Hall–Kier alpha value is -0.840. The van der Waals surface area contributed by atoms with E-state index in [1.54, 1.807) is 0 Å². The molecule has 4 nitrogen and oxygen atoms in total. The van der Waals surface area contributed by atoms with Crippen molar-refractivity contribution >= 4 is 21.9 Å². The van der Waals surface area contributed by atoms with Gasteiger partial charge in [-0.25, -0.2) is 4.98 Å². The molecule has 66 valence electrons. The van der Waals surface area contributed by atoms with Crippen LogP contribution in [0.1, 0.15) is 13.8 Å². The van der Waals surface area contributed by atoms with Crippen LogP contribution in [-0.2, 0) is 0 Å². The van der Waals surface area contributed by atoms with Gasteiger partial charge in [-0.05, 0) is 29.8 Å². The van der Waals surface area contributed by atoms with Gasteiger partial charge in [0, 0.05) is 6.04 Å². The fourth-order valence-corrected chi connectivity index (χ4v) is 0.928. The number of rotatable bonds is 2. The molecule has 0 aliphatic heterocycles. The molecule has 1 heterocycles. The minimum absolute atomic E-state index is 0.173. The number of nitrogens with one attached hydrogen (secondary N) is 2. The van der Waals surface area contributed by atoms with Crippen LogP contribution in [0.5, 0.6) is 0 Å². The number of hydrogen-bond donors (Lipinski definition) is 2. The van der Waals surface area contributed by atoms with Crippen LogP contribution in [0, 0.1) is 0 Å². The Morgan fingerprint density at radius 2 is 2.33 bits per heavy atom. The van der Waals surface area contributed by atoms with Crippen molar-refractivity contribution in [2.45, 2.75) is 19.9 Å². The number of H-pyrrole nitrogens is 1. The largest absolute Gasteiger partial charge is 0.354 e. The molecule has 0 spiro atoms. The van der Waals surface area contributed by atoms with Gasteiger partial charge in [0.05, 0.1) is 6.20 Å². The third-order valence-corrected chi connectivity index (χ3v) is 1.75. The van der Waals surface area contributed by atoms with E-state index in [-0.39, 0.29) is 11.6 Å². The van der Waals surface area contributed by atoms with E-state index >= 15 is 0 Å². The molecule has 0 fully saturated rings. The second-order valence-corrected chi connectivity index (χ2v) is 3.56. The molecule has 0 saturated carbocycles. The third-order valence-electron chi connectivity index (χ3n) is 1.18. The first-order chi connectivity index (χ1) is 5.59. The zero-order valence-corrected chi connectivity index (χ0v) is 8.47. The molecule has 1 aromatic heterocycles. The van der Waals surface area contributed by atoms with Gasteiger partial charge in [0.2, 0.25) is 5.95 Å². The van der Waals surface area contributed by atoms with Crippen LogP contribution in [-0.4, -0.2) is 16.0 Å². The lowest BCUT2D eigenvalue weighted by atomic mass is 10.4. The number of nitrogens with zero attached hydrogens (tertiary/aromatic N) is 1. The molecule has 0 aliphatic rings. The van der Waals surface area contributed by atoms with Crippen molar-refractivity contribution in [1.29, 1.82) is 0 Å². The third kappa shape index (κ3) is 2.34. The van der Waals surface area contributed by atoms with E-state index in [2.05, 4.69) is 31.2 Å². The highest BCUT2D eigenvalue weighted by molar-refractivity contribution is 9.10. The molecule has 0 saturated heterocycles. The number of hydrogen-bond acceptors (Lipinski definition) is 3. The number of aromatic amines is 1. The van der Waals surface area contributed by atoms with Crippen molar-refractivity contribution in [3.8, 4) is 0 Å². The predicted octanol–water partition coefficient (Wildman–Crippen LogP) is 1.35. The maximum Gasteiger partial charge on any atom is 0.266 e. The fraction of sp³-hybridized carbons (Fsp3) is 0.429. The van der Waals surface area contributed by atoms with Gasteiger partial charge in [0.15, 0.2) is 0 Å². The van der Waals surface area contributed by atoms with Crippen LogP contribution in [0.3, 0.4) is 0 Å². The topological polar surface area (TPSA) is 57.8 Å². The molecule has 1 rings (SSSR count). The van der Waals surface area contributed by atoms with Gasteiger partial charge in [0.25, 0.3) is 5.56 Å². The summed E-state index contributed by atoms with van der Waals surface area (Å²) >= 11 is 3.06. The van der Waals surface area contributed by atoms with Crippen molar-refractivity contribution in [2.75, 3.05) is 5.32 Å². The minimum Gasteiger partial charge on any atom is -0.354 e. The highest BCUT2D eigenvalue weighted by Crippen LogP contribution is 2.01. The summed E-state index contributed by atoms with van der Waals surface area (Å²) in [5, 5.41) is 2.99. The quantitative estimate of drug-likeness (QED) is 0.809. The highest BCUT2D eigenvalue weighted by Gasteiger charge is 1.99. The van der Waals surface area contributed by atoms with Crippen LogP contribution in [0.25, 0.3) is 0 Å². The van der Waals surface area contributed by atoms with E-state index in [0.29, 0.717) is 10.4 Å². The Kier molecular flexibility index (Phi) is 2.86. The first-order valence-corrected chi connectivity index (χ1v) is 4.40. The summed E-state index contributed by atoms with van der Waals surface area (Å²) in [6.45, 7) is 3.95. The Bertz CT molecular complexity index is 321. The van der Waals surface area contributed by atoms with E-state index in [4.69, 9.17) is 0 Å². The Morgan fingerprint density at radius 1 is 1.67 bits per heavy atom. The lowest BCUT2D eigenvalue weighted by Crippen LogP contribution is -2.17. The lowest BCUT2D eigenvalue weighted by Gasteiger charge is -2.07. The minimum atomic E-state index is -0.173. The molecule has 1 aromatic rings. The summed E-state index contributed by atoms with van der Waals surface area (Å²) in [6.07, 6.45) is 1.48. The second-order valence-electron chi connectivity index (χ2n) is 2.71. The van der Waals surface area contributed by atoms with E-state index in [1.165, 1.54) is 6.20 Å². The maximum absolute atomic E-state index is 11.0. The molecule has 2 N–H and O–H groups in total. The molecule has 0 atom stereocenters. The normalized spacial score (nSPS) is 10.3. The van der Waals surface area contributed by atoms with Crippen LogP contribution in [0.2, 0.25) is 0 Å². The fourth-order valence-electron chi connectivity index (χ4n) is 0.726. The predicted molar refractivity (Wildman–Crippen MR) is 51.3 cm³/mol. The van der Waals surface area contributed by atoms with E-state index in [1.807, 2.05) is 13.8 Å². The van der Waals surface area contributed by atoms with Gasteiger partial charge in [-0.3, -0.25) is 9.78 Å². The molecule has 0 aromatic carbocycles. The lowest BCUT2D eigenvalue weighted by molar-refractivity contribution is 0.869. The SMILES string of the molecule is CC(C)Nc1ncc(Br)c(=O)[nH]1. The molecule has 0 radical (unpaired) electrons. The van der Waals surface area contributed by atoms with Gasteiger partial charge in [-0.15, -0.1) is 0 Å². The Morgan fingerprint density at radius 3 is 2.83 bits per heavy atom. The molecule has 0 amide bonds. The first-order valence-electron chi connectivity index (χ1n) is 3.61. The number of aromatic nitrogens is 2. The molecular formula is C7H10BrN3O. The van der Waals surface area contributed by atoms with Gasteiger partial charge in [-0.1, -0.05) is 0 Å². The van der Waals surface area contributed by atoms with Crippen molar-refractivity contribution in [1.82, 2.24) is 9.97 Å². The summed E-state index contributed by atoms with van der Waals surface area (Å²) < 4.78 is 0.441. The van der Waals surface area contributed by atoms with Crippen LogP contribution < -0.4 is 10.9 Å². The van der Waals surface area contributed by atoms with Gasteiger partial charge >= 0.3 is 0 Å². The first kappa shape index (κ1) is 9.25. The van der Waals surface area contributed by atoms with Crippen LogP contribution in [0.4, 0.5) is 5.95 Å². The van der Waals surface area contributed by atoms with Gasteiger partial charge in [-0.2, -0.15) is 0 Å². The average molecular weight is 232 g/mol. The van der Waals surface area contributed by atoms with E-state index in [0.717, 1.165) is 0 Å². The van der Waals surface area contributed by atoms with Crippen molar-refractivity contribution < 1.29 is 0 Å². The molecule has 0 bridgehead atoms. The van der Waals surface area contributed by atoms with Crippen molar-refractivity contribution in [3.63, 3.8) is 0 Å². The summed E-state index contributed by atoms with van der Waals surface area (Å²) in [5.74, 6) is 0.498. The Labute approximate surface area is 78.5 Å². The molecule has 0 aliphatic carbocycles. The van der Waals surface area contributed by atoms with E-state index in [9.17, 15) is 4.79 Å². The van der Waals surface area contributed by atoms with Crippen molar-refractivity contribution in [2.24, 2.45) is 0 Å². The summed E-state index contributed by atoms with van der Waals surface area (Å²) in [5.41, 5.74) is -0.173. The van der Waals surface area contributed by atoms with Gasteiger partial charge < -0.3 is 5.32 Å². The standard InChI is InChI=1S/C7H10BrN3O/c1-4(2)10-7-9-3-5(8)6(12)11-7/h3-4H,1-2H3,(H2,9,10,11,12). The number of anilines is 1. The van der Waals surface area contributed by atoms with Crippen LogP contribution >= 0.6 is 15.9 Å². The van der Waals surface area contributed by atoms with Crippen molar-refractivity contribution in [3.05, 3.63) is 21.0 Å². The average Bonchev–Trinajstić information content (AvgIpc) is 1.96. The molecule has 5 heteroatoms. The second kappa shape index (κ2) is 3.71. The summed E-state index contributed by atoms with van der Waals surface area (Å²) in [6, 6.07) is 0.259. The molecule has 0 unspecified atom stereocenters. The highest BCUT2D eigenvalue weighted by atomic mass is 79.9. The van der Waals surface area contributed by atoms with Gasteiger partial charge in [0.1, 0.15) is 4.47 Å². The Balaban J connectivity index is 2.90. The molecule has 12 heavy (non-hydrogen) atoms. The zero-order valence-electron chi connectivity index (χ0n) is 6.89.